The molecule has 1 nitrogen and oxygen atoms in total. The normalized spacial score (nSPS) is 12.7. The van der Waals surface area contributed by atoms with Crippen molar-refractivity contribution in [1.29, 1.82) is 0 Å². The summed E-state index contributed by atoms with van der Waals surface area (Å²) < 4.78 is 26.2. The Balaban J connectivity index is 2.15. The van der Waals surface area contributed by atoms with Gasteiger partial charge in [-0.05, 0) is 25.0 Å². The molecule has 1 heterocycles. The maximum Gasteiger partial charge on any atom is 0.129 e. The number of halogens is 3. The second-order valence-electron chi connectivity index (χ2n) is 3.69. The van der Waals surface area contributed by atoms with Crippen molar-refractivity contribution in [3.05, 3.63) is 51.5 Å². The number of thiazole rings is 1. The standard InChI is InChI=1S/C12H10ClF2NS/c1-7-16-6-12(17-7)10(13)4-8-2-3-9(14)5-11(8)15/h2-3,5-6,10H,4H2,1H3. The van der Waals surface area contributed by atoms with Gasteiger partial charge in [0.05, 0.1) is 10.4 Å². The Morgan fingerprint density at radius 1 is 1.41 bits per heavy atom. The molecule has 0 amide bonds. The number of aryl methyl sites for hydroxylation is 1. The highest BCUT2D eigenvalue weighted by atomic mass is 35.5. The highest BCUT2D eigenvalue weighted by molar-refractivity contribution is 7.11. The molecule has 0 radical (unpaired) electrons. The second-order valence-corrected chi connectivity index (χ2v) is 5.48. The molecule has 0 aliphatic rings. The summed E-state index contributed by atoms with van der Waals surface area (Å²) in [5.74, 6) is -1.14. The van der Waals surface area contributed by atoms with Crippen molar-refractivity contribution in [3.63, 3.8) is 0 Å². The van der Waals surface area contributed by atoms with E-state index in [4.69, 9.17) is 11.6 Å². The van der Waals surface area contributed by atoms with E-state index in [1.807, 2.05) is 6.92 Å². The van der Waals surface area contributed by atoms with Gasteiger partial charge in [0.1, 0.15) is 11.6 Å². The number of alkyl halides is 1. The minimum atomic E-state index is -0.578. The molecule has 0 bridgehead atoms. The zero-order valence-corrected chi connectivity index (χ0v) is 10.7. The number of aromatic nitrogens is 1. The van der Waals surface area contributed by atoms with Crippen LogP contribution < -0.4 is 0 Å². The van der Waals surface area contributed by atoms with Crippen molar-refractivity contribution in [1.82, 2.24) is 4.98 Å². The summed E-state index contributed by atoms with van der Waals surface area (Å²) in [6, 6.07) is 3.53. The zero-order chi connectivity index (χ0) is 12.4. The summed E-state index contributed by atoms with van der Waals surface area (Å²) >= 11 is 7.66. The monoisotopic (exact) mass is 273 g/mol. The molecule has 5 heteroatoms. The van der Waals surface area contributed by atoms with Crippen molar-refractivity contribution in [2.75, 3.05) is 0 Å². The molecule has 90 valence electrons. The molecule has 17 heavy (non-hydrogen) atoms. The quantitative estimate of drug-likeness (QED) is 0.762. The Labute approximate surface area is 107 Å². The van der Waals surface area contributed by atoms with E-state index in [-0.39, 0.29) is 5.38 Å². The van der Waals surface area contributed by atoms with E-state index in [9.17, 15) is 8.78 Å². The SMILES string of the molecule is Cc1ncc(C(Cl)Cc2ccc(F)cc2F)s1. The molecule has 0 aliphatic heterocycles. The second kappa shape index (κ2) is 5.10. The van der Waals surface area contributed by atoms with Gasteiger partial charge in [0, 0.05) is 17.1 Å². The molecule has 0 saturated heterocycles. The lowest BCUT2D eigenvalue weighted by Crippen LogP contribution is -1.97. The van der Waals surface area contributed by atoms with E-state index in [2.05, 4.69) is 4.98 Å². The topological polar surface area (TPSA) is 12.9 Å². The zero-order valence-electron chi connectivity index (χ0n) is 9.08. The van der Waals surface area contributed by atoms with Crippen molar-refractivity contribution < 1.29 is 8.78 Å². The summed E-state index contributed by atoms with van der Waals surface area (Å²) in [4.78, 5) is 4.99. The molecule has 1 aromatic heterocycles. The van der Waals surface area contributed by atoms with Crippen LogP contribution in [-0.4, -0.2) is 4.98 Å². The number of benzene rings is 1. The summed E-state index contributed by atoms with van der Waals surface area (Å²) in [5.41, 5.74) is 0.414. The highest BCUT2D eigenvalue weighted by Crippen LogP contribution is 2.30. The van der Waals surface area contributed by atoms with E-state index in [0.29, 0.717) is 12.0 Å². The fourth-order valence-corrected chi connectivity index (χ4v) is 2.62. The lowest BCUT2D eigenvalue weighted by atomic mass is 10.1. The molecule has 1 aromatic carbocycles. The molecule has 1 atom stereocenters. The van der Waals surface area contributed by atoms with Crippen LogP contribution in [0.25, 0.3) is 0 Å². The van der Waals surface area contributed by atoms with Crippen LogP contribution in [0, 0.1) is 18.6 Å². The molecule has 0 N–H and O–H groups in total. The number of nitrogens with zero attached hydrogens (tertiary/aromatic N) is 1. The lowest BCUT2D eigenvalue weighted by molar-refractivity contribution is 0.571. The number of hydrogen-bond donors (Lipinski definition) is 0. The third kappa shape index (κ3) is 3.01. The molecule has 0 saturated carbocycles. The molecule has 2 rings (SSSR count). The summed E-state index contributed by atoms with van der Waals surface area (Å²) in [6.07, 6.45) is 2.02. The first-order valence-corrected chi connectivity index (χ1v) is 6.32. The van der Waals surface area contributed by atoms with Crippen molar-refractivity contribution in [3.8, 4) is 0 Å². The van der Waals surface area contributed by atoms with Gasteiger partial charge >= 0.3 is 0 Å². The largest absolute Gasteiger partial charge is 0.250 e. The van der Waals surface area contributed by atoms with Crippen molar-refractivity contribution >= 4 is 22.9 Å². The first-order chi connectivity index (χ1) is 8.06. The molecule has 0 fully saturated rings. The Morgan fingerprint density at radius 3 is 2.76 bits per heavy atom. The smallest absolute Gasteiger partial charge is 0.129 e. The highest BCUT2D eigenvalue weighted by Gasteiger charge is 2.14. The first kappa shape index (κ1) is 12.5. The van der Waals surface area contributed by atoms with E-state index in [1.54, 1.807) is 6.20 Å². The molecule has 0 aliphatic carbocycles. The van der Waals surface area contributed by atoms with Gasteiger partial charge in [-0.25, -0.2) is 13.8 Å². The predicted molar refractivity (Wildman–Crippen MR) is 65.5 cm³/mol. The van der Waals surface area contributed by atoms with Crippen LogP contribution in [-0.2, 0) is 6.42 Å². The maximum absolute atomic E-state index is 13.4. The van der Waals surface area contributed by atoms with Crippen LogP contribution in [0.5, 0.6) is 0 Å². The fraction of sp³-hybridized carbons (Fsp3) is 0.250. The Hall–Kier alpha value is -1.00. The van der Waals surface area contributed by atoms with Crippen LogP contribution in [0.1, 0.15) is 20.8 Å². The van der Waals surface area contributed by atoms with Gasteiger partial charge in [0.25, 0.3) is 0 Å². The van der Waals surface area contributed by atoms with Crippen LogP contribution in [0.3, 0.4) is 0 Å². The minimum Gasteiger partial charge on any atom is -0.250 e. The molecular weight excluding hydrogens is 264 g/mol. The third-order valence-corrected chi connectivity index (χ3v) is 3.91. The molecule has 2 aromatic rings. The van der Waals surface area contributed by atoms with Gasteiger partial charge in [-0.2, -0.15) is 0 Å². The van der Waals surface area contributed by atoms with Gasteiger partial charge in [0.2, 0.25) is 0 Å². The van der Waals surface area contributed by atoms with Gasteiger partial charge in [-0.1, -0.05) is 6.07 Å². The van der Waals surface area contributed by atoms with Crippen LogP contribution in [0.2, 0.25) is 0 Å². The van der Waals surface area contributed by atoms with Crippen LogP contribution >= 0.6 is 22.9 Å². The van der Waals surface area contributed by atoms with Crippen LogP contribution in [0.4, 0.5) is 8.78 Å². The lowest BCUT2D eigenvalue weighted by Gasteiger charge is -2.07. The Kier molecular flexibility index (Phi) is 3.74. The minimum absolute atomic E-state index is 0.329. The average Bonchev–Trinajstić information content (AvgIpc) is 2.69. The summed E-state index contributed by atoms with van der Waals surface area (Å²) in [5, 5.41) is 0.589. The first-order valence-electron chi connectivity index (χ1n) is 5.06. The average molecular weight is 274 g/mol. The van der Waals surface area contributed by atoms with Crippen molar-refractivity contribution in [2.24, 2.45) is 0 Å². The number of hydrogen-bond acceptors (Lipinski definition) is 2. The third-order valence-electron chi connectivity index (χ3n) is 2.36. The number of rotatable bonds is 3. The summed E-state index contributed by atoms with van der Waals surface area (Å²) in [7, 11) is 0. The van der Waals surface area contributed by atoms with Crippen molar-refractivity contribution in [2.45, 2.75) is 18.7 Å². The maximum atomic E-state index is 13.4. The van der Waals surface area contributed by atoms with Gasteiger partial charge in [-0.15, -0.1) is 22.9 Å². The van der Waals surface area contributed by atoms with E-state index < -0.39 is 11.6 Å². The van der Waals surface area contributed by atoms with Crippen LogP contribution in [0.15, 0.2) is 24.4 Å². The van der Waals surface area contributed by atoms with E-state index >= 15 is 0 Å². The molecular formula is C12H10ClF2NS. The van der Waals surface area contributed by atoms with Gasteiger partial charge < -0.3 is 0 Å². The molecule has 1 unspecified atom stereocenters. The van der Waals surface area contributed by atoms with E-state index in [0.717, 1.165) is 16.0 Å². The van der Waals surface area contributed by atoms with Gasteiger partial charge in [-0.3, -0.25) is 0 Å². The molecule has 0 spiro atoms. The Morgan fingerprint density at radius 2 is 2.18 bits per heavy atom. The Bertz CT molecular complexity index is 527. The van der Waals surface area contributed by atoms with E-state index in [1.165, 1.54) is 23.5 Å². The van der Waals surface area contributed by atoms with Gasteiger partial charge in [0.15, 0.2) is 0 Å². The fourth-order valence-electron chi connectivity index (χ4n) is 1.50. The predicted octanol–water partition coefficient (Wildman–Crippen LogP) is 4.25. The summed E-state index contributed by atoms with van der Waals surface area (Å²) in [6.45, 7) is 1.89.